The lowest BCUT2D eigenvalue weighted by molar-refractivity contribution is -0.137. The Morgan fingerprint density at radius 3 is 2.67 bits per heavy atom. The first-order valence-corrected chi connectivity index (χ1v) is 6.10. The van der Waals surface area contributed by atoms with Crippen LogP contribution in [0.5, 0.6) is 11.5 Å². The smallest absolute Gasteiger partial charge is 0.346 e. The molecule has 6 nitrogen and oxygen atoms in total. The van der Waals surface area contributed by atoms with Gasteiger partial charge in [-0.2, -0.15) is 0 Å². The van der Waals surface area contributed by atoms with Crippen LogP contribution in [0.3, 0.4) is 0 Å². The Kier molecular flexibility index (Phi) is 4.27. The molecule has 2 rings (SSSR count). The average Bonchev–Trinajstić information content (AvgIpc) is 2.83. The third-order valence-electron chi connectivity index (χ3n) is 2.93. The maximum absolute atomic E-state index is 11.9. The summed E-state index contributed by atoms with van der Waals surface area (Å²) in [5.74, 6) is -0.649. The Bertz CT molecular complexity index is 642. The zero-order valence-corrected chi connectivity index (χ0v) is 11.6. The van der Waals surface area contributed by atoms with Gasteiger partial charge in [-0.3, -0.25) is 4.79 Å². The van der Waals surface area contributed by atoms with Crippen molar-refractivity contribution < 1.29 is 28.9 Å². The number of hydrogen-bond acceptors (Lipinski definition) is 6. The molecule has 0 unspecified atom stereocenters. The number of aliphatic hydroxyl groups excluding tert-OH is 1. The van der Waals surface area contributed by atoms with E-state index in [0.717, 1.165) is 0 Å². The summed E-state index contributed by atoms with van der Waals surface area (Å²) in [4.78, 5) is 23.2. The minimum atomic E-state index is -0.820. The highest BCUT2D eigenvalue weighted by molar-refractivity contribution is 6.23. The van der Waals surface area contributed by atoms with Crippen LogP contribution in [0.4, 0.5) is 0 Å². The van der Waals surface area contributed by atoms with Crippen LogP contribution in [0, 0.1) is 0 Å². The van der Waals surface area contributed by atoms with Crippen LogP contribution in [0.1, 0.15) is 5.56 Å². The number of rotatable bonds is 5. The Morgan fingerprint density at radius 2 is 2.10 bits per heavy atom. The quantitative estimate of drug-likeness (QED) is 0.504. The monoisotopic (exact) mass is 290 g/mol. The molecule has 1 N–H and O–H groups in total. The van der Waals surface area contributed by atoms with E-state index >= 15 is 0 Å². The summed E-state index contributed by atoms with van der Waals surface area (Å²) in [7, 11) is 3.03. The summed E-state index contributed by atoms with van der Waals surface area (Å²) in [6.45, 7) is -0.268. The molecule has 0 saturated carbocycles. The number of benzene rings is 1. The fourth-order valence-corrected chi connectivity index (χ4v) is 1.86. The Morgan fingerprint density at radius 1 is 1.33 bits per heavy atom. The van der Waals surface area contributed by atoms with Gasteiger partial charge in [0.15, 0.2) is 5.78 Å². The van der Waals surface area contributed by atoms with Gasteiger partial charge in [-0.05, 0) is 30.4 Å². The summed E-state index contributed by atoms with van der Waals surface area (Å²) in [6, 6.07) is 5.11. The zero-order chi connectivity index (χ0) is 15.4. The molecule has 21 heavy (non-hydrogen) atoms. The van der Waals surface area contributed by atoms with Gasteiger partial charge in [-0.25, -0.2) is 4.79 Å². The lowest BCUT2D eigenvalue weighted by Crippen LogP contribution is -2.08. The van der Waals surface area contributed by atoms with Crippen molar-refractivity contribution in [2.75, 3.05) is 20.8 Å². The van der Waals surface area contributed by atoms with E-state index in [0.29, 0.717) is 17.1 Å². The highest BCUT2D eigenvalue weighted by Gasteiger charge is 2.29. The minimum absolute atomic E-state index is 0.268. The SMILES string of the molecule is COc1ccc(OC)c(/C=C/C(=O)C2=C(O)COC2=O)c1. The molecule has 1 aliphatic heterocycles. The molecular weight excluding hydrogens is 276 g/mol. The first-order valence-electron chi connectivity index (χ1n) is 6.10. The van der Waals surface area contributed by atoms with Gasteiger partial charge in [-0.1, -0.05) is 0 Å². The van der Waals surface area contributed by atoms with Crippen molar-refractivity contribution in [2.45, 2.75) is 0 Å². The summed E-state index contributed by atoms with van der Waals surface area (Å²) < 4.78 is 14.8. The number of esters is 1. The number of ether oxygens (including phenoxy) is 3. The molecule has 6 heteroatoms. The standard InChI is InChI=1S/C15H14O6/c1-19-10-4-6-13(20-2)9(7-10)3-5-11(16)14-12(17)8-21-15(14)18/h3-7,17H,8H2,1-2H3/b5-3+. The molecule has 0 bridgehead atoms. The van der Waals surface area contributed by atoms with Gasteiger partial charge in [0.2, 0.25) is 0 Å². The number of aliphatic hydroxyl groups is 1. The lowest BCUT2D eigenvalue weighted by Gasteiger charge is -2.06. The second kappa shape index (κ2) is 6.13. The summed E-state index contributed by atoms with van der Waals surface area (Å²) >= 11 is 0. The van der Waals surface area contributed by atoms with Crippen LogP contribution >= 0.6 is 0 Å². The first kappa shape index (κ1) is 14.6. The fourth-order valence-electron chi connectivity index (χ4n) is 1.86. The maximum Gasteiger partial charge on any atom is 0.346 e. The van der Waals surface area contributed by atoms with E-state index in [9.17, 15) is 14.7 Å². The van der Waals surface area contributed by atoms with Gasteiger partial charge in [0, 0.05) is 5.56 Å². The van der Waals surface area contributed by atoms with Crippen molar-refractivity contribution in [1.29, 1.82) is 0 Å². The molecule has 1 aromatic carbocycles. The van der Waals surface area contributed by atoms with Gasteiger partial charge < -0.3 is 19.3 Å². The highest BCUT2D eigenvalue weighted by Crippen LogP contribution is 2.25. The molecule has 0 spiro atoms. The van der Waals surface area contributed by atoms with Gasteiger partial charge in [0.05, 0.1) is 14.2 Å². The molecule has 0 aliphatic carbocycles. The van der Waals surface area contributed by atoms with Crippen molar-refractivity contribution in [3.05, 3.63) is 41.2 Å². The van der Waals surface area contributed by atoms with Crippen LogP contribution in [0.15, 0.2) is 35.6 Å². The van der Waals surface area contributed by atoms with Crippen LogP contribution in [-0.4, -0.2) is 37.7 Å². The normalized spacial score (nSPS) is 14.5. The van der Waals surface area contributed by atoms with Gasteiger partial charge >= 0.3 is 5.97 Å². The fraction of sp³-hybridized carbons (Fsp3) is 0.200. The zero-order valence-electron chi connectivity index (χ0n) is 11.6. The van der Waals surface area contributed by atoms with E-state index in [2.05, 4.69) is 4.74 Å². The lowest BCUT2D eigenvalue weighted by atomic mass is 10.1. The molecule has 1 heterocycles. The van der Waals surface area contributed by atoms with E-state index in [1.165, 1.54) is 26.4 Å². The van der Waals surface area contributed by atoms with E-state index < -0.39 is 11.8 Å². The topological polar surface area (TPSA) is 82.1 Å². The van der Waals surface area contributed by atoms with Crippen molar-refractivity contribution in [3.8, 4) is 11.5 Å². The Balaban J connectivity index is 2.27. The number of carbonyl (C=O) groups is 2. The highest BCUT2D eigenvalue weighted by atomic mass is 16.5. The number of cyclic esters (lactones) is 1. The Labute approximate surface area is 121 Å². The van der Waals surface area contributed by atoms with E-state index in [4.69, 9.17) is 9.47 Å². The van der Waals surface area contributed by atoms with Crippen LogP contribution in [0.25, 0.3) is 6.08 Å². The molecule has 0 aromatic heterocycles. The molecule has 0 radical (unpaired) electrons. The number of methoxy groups -OCH3 is 2. The van der Waals surface area contributed by atoms with Gasteiger partial charge in [-0.15, -0.1) is 0 Å². The van der Waals surface area contributed by atoms with E-state index in [-0.39, 0.29) is 17.9 Å². The average molecular weight is 290 g/mol. The largest absolute Gasteiger partial charge is 0.508 e. The third-order valence-corrected chi connectivity index (χ3v) is 2.93. The second-order valence-electron chi connectivity index (χ2n) is 4.20. The van der Waals surface area contributed by atoms with Crippen LogP contribution in [-0.2, 0) is 14.3 Å². The molecule has 0 fully saturated rings. The first-order chi connectivity index (χ1) is 10.1. The summed E-state index contributed by atoms with van der Waals surface area (Å²) in [5, 5.41) is 9.44. The molecular formula is C15H14O6. The molecule has 0 amide bonds. The van der Waals surface area contributed by atoms with Gasteiger partial charge in [0.1, 0.15) is 29.4 Å². The van der Waals surface area contributed by atoms with E-state index in [1.807, 2.05) is 0 Å². The van der Waals surface area contributed by atoms with Crippen molar-refractivity contribution in [1.82, 2.24) is 0 Å². The molecule has 0 atom stereocenters. The third kappa shape index (κ3) is 3.05. The molecule has 1 aliphatic rings. The van der Waals surface area contributed by atoms with Crippen molar-refractivity contribution in [2.24, 2.45) is 0 Å². The Hall–Kier alpha value is -2.76. The molecule has 1 aromatic rings. The number of carbonyl (C=O) groups excluding carboxylic acids is 2. The summed E-state index contributed by atoms with van der Waals surface area (Å²) in [5.41, 5.74) is 0.268. The number of allylic oxidation sites excluding steroid dienone is 1. The predicted octanol–water partition coefficient (Wildman–Crippen LogP) is 1.66. The number of ketones is 1. The minimum Gasteiger partial charge on any atom is -0.508 e. The van der Waals surface area contributed by atoms with Crippen LogP contribution in [0.2, 0.25) is 0 Å². The van der Waals surface area contributed by atoms with Crippen molar-refractivity contribution in [3.63, 3.8) is 0 Å². The molecule has 0 saturated heterocycles. The molecule has 110 valence electrons. The summed E-state index contributed by atoms with van der Waals surface area (Å²) in [6.07, 6.45) is 2.66. The predicted molar refractivity (Wildman–Crippen MR) is 74.2 cm³/mol. The van der Waals surface area contributed by atoms with E-state index in [1.54, 1.807) is 18.2 Å². The van der Waals surface area contributed by atoms with Crippen molar-refractivity contribution >= 4 is 17.8 Å². The number of hydrogen-bond donors (Lipinski definition) is 1. The van der Waals surface area contributed by atoms with Crippen LogP contribution < -0.4 is 9.47 Å². The maximum atomic E-state index is 11.9. The second-order valence-corrected chi connectivity index (χ2v) is 4.20. The van der Waals surface area contributed by atoms with Gasteiger partial charge in [0.25, 0.3) is 0 Å².